The number of benzene rings is 1. The van der Waals surface area contributed by atoms with Gasteiger partial charge in [-0.25, -0.2) is 4.79 Å². The quantitative estimate of drug-likeness (QED) is 0.723. The van der Waals surface area contributed by atoms with Gasteiger partial charge in [-0.1, -0.05) is 37.3 Å². The van der Waals surface area contributed by atoms with Crippen LogP contribution in [-0.2, 0) is 28.9 Å². The first kappa shape index (κ1) is 20.1. The number of hydrogen-bond acceptors (Lipinski definition) is 5. The van der Waals surface area contributed by atoms with E-state index >= 15 is 0 Å². The number of anilines is 1. The number of thiophene rings is 1. The van der Waals surface area contributed by atoms with Crippen LogP contribution in [-0.4, -0.2) is 35.3 Å². The lowest BCUT2D eigenvalue weighted by atomic mass is 9.89. The van der Waals surface area contributed by atoms with Crippen molar-refractivity contribution in [1.29, 1.82) is 5.26 Å². The summed E-state index contributed by atoms with van der Waals surface area (Å²) in [6, 6.07) is 10.3. The first-order valence-electron chi connectivity index (χ1n) is 9.96. The average molecular weight is 423 g/mol. The van der Waals surface area contributed by atoms with E-state index in [1.807, 2.05) is 30.3 Å². The summed E-state index contributed by atoms with van der Waals surface area (Å²) >= 11 is 1.42. The van der Waals surface area contributed by atoms with Crippen molar-refractivity contribution in [2.75, 3.05) is 11.9 Å². The summed E-state index contributed by atoms with van der Waals surface area (Å²) in [5, 5.41) is 15.5. The van der Waals surface area contributed by atoms with Gasteiger partial charge in [0.25, 0.3) is 5.91 Å². The van der Waals surface area contributed by atoms with Crippen molar-refractivity contribution in [1.82, 2.24) is 10.2 Å². The molecule has 8 heteroatoms. The standard InChI is InChI=1S/C22H22N4O3S/c1-13-7-8-15-16(11-23)20(30-18(15)9-13)25-19(27)12-26-21(28)17(24-22(26)29)10-14-5-3-2-4-6-14/h2-6,13,17H,7-10,12H2,1H3,(H,24,29)(H,25,27)/t13-,17-/m0/s1. The highest BCUT2D eigenvalue weighted by Gasteiger charge is 2.39. The van der Waals surface area contributed by atoms with Crippen LogP contribution < -0.4 is 10.6 Å². The molecule has 1 fully saturated rings. The predicted molar refractivity (Wildman–Crippen MR) is 113 cm³/mol. The molecular weight excluding hydrogens is 400 g/mol. The highest BCUT2D eigenvalue weighted by molar-refractivity contribution is 7.16. The van der Waals surface area contributed by atoms with Gasteiger partial charge in [0.15, 0.2) is 0 Å². The Bertz CT molecular complexity index is 1040. The zero-order valence-electron chi connectivity index (χ0n) is 16.6. The van der Waals surface area contributed by atoms with E-state index in [4.69, 9.17) is 0 Å². The van der Waals surface area contributed by atoms with Crippen molar-refractivity contribution in [2.24, 2.45) is 5.92 Å². The van der Waals surface area contributed by atoms with Crippen molar-refractivity contribution >= 4 is 34.2 Å². The minimum absolute atomic E-state index is 0.373. The van der Waals surface area contributed by atoms with Crippen LogP contribution >= 0.6 is 11.3 Å². The fourth-order valence-electron chi connectivity index (χ4n) is 3.98. The zero-order valence-corrected chi connectivity index (χ0v) is 17.4. The molecule has 0 radical (unpaired) electrons. The SMILES string of the molecule is C[C@H]1CCc2c(sc(NC(=O)CN3C(=O)N[C@@H](Cc4ccccc4)C3=O)c2C#N)C1. The number of nitriles is 1. The molecule has 2 aliphatic rings. The second-order valence-electron chi connectivity index (χ2n) is 7.83. The molecule has 2 aromatic rings. The Hall–Kier alpha value is -3.18. The molecule has 0 spiro atoms. The molecule has 30 heavy (non-hydrogen) atoms. The molecule has 4 amide bonds. The average Bonchev–Trinajstić information content (AvgIpc) is 3.19. The van der Waals surface area contributed by atoms with Crippen LogP contribution in [0.2, 0.25) is 0 Å². The van der Waals surface area contributed by atoms with Crippen molar-refractivity contribution in [3.8, 4) is 6.07 Å². The maximum atomic E-state index is 12.6. The summed E-state index contributed by atoms with van der Waals surface area (Å²) < 4.78 is 0. The smallest absolute Gasteiger partial charge is 0.325 e. The van der Waals surface area contributed by atoms with Gasteiger partial charge in [-0.2, -0.15) is 5.26 Å². The number of carbonyl (C=O) groups excluding carboxylic acids is 3. The van der Waals surface area contributed by atoms with Crippen LogP contribution in [0.1, 0.15) is 34.9 Å². The van der Waals surface area contributed by atoms with Gasteiger partial charge in [0.05, 0.1) is 5.56 Å². The molecule has 4 rings (SSSR count). The summed E-state index contributed by atoms with van der Waals surface area (Å²) in [6.45, 7) is 1.80. The Morgan fingerprint density at radius 1 is 1.33 bits per heavy atom. The predicted octanol–water partition coefficient (Wildman–Crippen LogP) is 2.85. The van der Waals surface area contributed by atoms with Gasteiger partial charge >= 0.3 is 6.03 Å². The number of nitrogens with zero attached hydrogens (tertiary/aromatic N) is 2. The molecule has 1 aromatic carbocycles. The minimum Gasteiger partial charge on any atom is -0.325 e. The summed E-state index contributed by atoms with van der Waals surface area (Å²) in [6.07, 6.45) is 3.13. The molecule has 1 saturated heterocycles. The number of imide groups is 1. The van der Waals surface area contributed by atoms with Crippen molar-refractivity contribution in [3.05, 3.63) is 51.9 Å². The number of rotatable bonds is 5. The first-order chi connectivity index (χ1) is 14.5. The third kappa shape index (κ3) is 3.94. The molecule has 7 nitrogen and oxygen atoms in total. The maximum absolute atomic E-state index is 12.6. The number of amides is 4. The second-order valence-corrected chi connectivity index (χ2v) is 8.94. The van der Waals surface area contributed by atoms with E-state index in [1.54, 1.807) is 0 Å². The van der Waals surface area contributed by atoms with E-state index < -0.39 is 23.9 Å². The van der Waals surface area contributed by atoms with Gasteiger partial charge in [-0.05, 0) is 36.3 Å². The molecule has 0 bridgehead atoms. The Morgan fingerprint density at radius 2 is 2.10 bits per heavy atom. The lowest BCUT2D eigenvalue weighted by Gasteiger charge is -2.17. The minimum atomic E-state index is -0.682. The van der Waals surface area contributed by atoms with Crippen LogP contribution in [0.5, 0.6) is 0 Å². The Labute approximate surface area is 178 Å². The molecule has 154 valence electrons. The summed E-state index contributed by atoms with van der Waals surface area (Å²) in [4.78, 5) is 39.5. The fraction of sp³-hybridized carbons (Fsp3) is 0.364. The topological polar surface area (TPSA) is 102 Å². The number of hydrogen-bond donors (Lipinski definition) is 2. The number of fused-ring (bicyclic) bond motifs is 1. The van der Waals surface area contributed by atoms with Gasteiger partial charge in [0.2, 0.25) is 5.91 Å². The molecule has 1 aromatic heterocycles. The lowest BCUT2D eigenvalue weighted by Crippen LogP contribution is -2.38. The number of nitrogens with one attached hydrogen (secondary N) is 2. The van der Waals surface area contributed by atoms with E-state index in [0.29, 0.717) is 22.9 Å². The third-order valence-corrected chi connectivity index (χ3v) is 6.74. The van der Waals surface area contributed by atoms with Crippen LogP contribution in [0.3, 0.4) is 0 Å². The van der Waals surface area contributed by atoms with E-state index in [0.717, 1.165) is 40.2 Å². The van der Waals surface area contributed by atoms with Crippen molar-refractivity contribution in [2.45, 2.75) is 38.6 Å². The highest BCUT2D eigenvalue weighted by atomic mass is 32.1. The third-order valence-electron chi connectivity index (χ3n) is 5.57. The van der Waals surface area contributed by atoms with Crippen LogP contribution in [0.15, 0.2) is 30.3 Å². The Kier molecular flexibility index (Phi) is 5.55. The molecule has 1 aliphatic heterocycles. The van der Waals surface area contributed by atoms with E-state index in [-0.39, 0.29) is 6.54 Å². The highest BCUT2D eigenvalue weighted by Crippen LogP contribution is 2.39. The van der Waals surface area contributed by atoms with Crippen LogP contribution in [0, 0.1) is 17.2 Å². The van der Waals surface area contributed by atoms with Crippen LogP contribution in [0.4, 0.5) is 9.80 Å². The Balaban J connectivity index is 1.43. The maximum Gasteiger partial charge on any atom is 0.325 e. The van der Waals surface area contributed by atoms with E-state index in [1.165, 1.54) is 11.3 Å². The molecule has 2 atom stereocenters. The number of urea groups is 1. The molecule has 0 saturated carbocycles. The van der Waals surface area contributed by atoms with Crippen molar-refractivity contribution in [3.63, 3.8) is 0 Å². The van der Waals surface area contributed by atoms with Gasteiger partial charge in [-0.3, -0.25) is 14.5 Å². The first-order valence-corrected chi connectivity index (χ1v) is 10.8. The number of carbonyl (C=O) groups is 3. The normalized spacial score (nSPS) is 20.5. The zero-order chi connectivity index (χ0) is 21.3. The van der Waals surface area contributed by atoms with Gasteiger partial charge < -0.3 is 10.6 Å². The van der Waals surface area contributed by atoms with Crippen molar-refractivity contribution < 1.29 is 14.4 Å². The second kappa shape index (κ2) is 8.28. The summed E-state index contributed by atoms with van der Waals surface area (Å²) in [7, 11) is 0. The lowest BCUT2D eigenvalue weighted by molar-refractivity contribution is -0.130. The van der Waals surface area contributed by atoms with Gasteiger partial charge in [0, 0.05) is 11.3 Å². The van der Waals surface area contributed by atoms with Crippen LogP contribution in [0.25, 0.3) is 0 Å². The molecule has 2 heterocycles. The Morgan fingerprint density at radius 3 is 2.83 bits per heavy atom. The molecule has 2 N–H and O–H groups in total. The monoisotopic (exact) mass is 422 g/mol. The fourth-order valence-corrected chi connectivity index (χ4v) is 5.36. The van der Waals surface area contributed by atoms with E-state index in [9.17, 15) is 19.6 Å². The van der Waals surface area contributed by atoms with E-state index in [2.05, 4.69) is 23.6 Å². The summed E-state index contributed by atoms with van der Waals surface area (Å²) in [5.74, 6) is -0.348. The largest absolute Gasteiger partial charge is 0.325 e. The molecule has 0 unspecified atom stereocenters. The van der Waals surface area contributed by atoms with Gasteiger partial charge in [-0.15, -0.1) is 11.3 Å². The summed E-state index contributed by atoms with van der Waals surface area (Å²) in [5.41, 5.74) is 2.46. The van der Waals surface area contributed by atoms with Gasteiger partial charge in [0.1, 0.15) is 23.7 Å². The molecular formula is C22H22N4O3S. The molecule has 1 aliphatic carbocycles.